The van der Waals surface area contributed by atoms with Crippen LogP contribution in [0, 0.1) is 28.8 Å². The Morgan fingerprint density at radius 2 is 1.78 bits per heavy atom. The van der Waals surface area contributed by atoms with Crippen LogP contribution in [-0.4, -0.2) is 18.2 Å². The molecule has 3 aromatic carbocycles. The molecule has 2 saturated carbocycles. The largest absolute Gasteiger partial charge is 0.497 e. The number of methoxy groups -OCH3 is 1. The first-order chi connectivity index (χ1) is 19.6. The van der Waals surface area contributed by atoms with Crippen molar-refractivity contribution in [1.82, 2.24) is 0 Å². The third kappa shape index (κ3) is 4.48. The van der Waals surface area contributed by atoms with Crippen LogP contribution >= 0.6 is 0 Å². The van der Waals surface area contributed by atoms with E-state index in [0.29, 0.717) is 37.0 Å². The normalized spacial score (nSPS) is 24.2. The molecule has 1 spiro atoms. The fourth-order valence-corrected chi connectivity index (χ4v) is 7.72. The van der Waals surface area contributed by atoms with Crippen LogP contribution in [0.1, 0.15) is 80.5 Å². The van der Waals surface area contributed by atoms with Gasteiger partial charge in [-0.1, -0.05) is 38.5 Å². The molecule has 6 rings (SSSR count). The van der Waals surface area contributed by atoms with Gasteiger partial charge in [0.15, 0.2) is 11.6 Å². The lowest BCUT2D eigenvalue weighted by Gasteiger charge is -2.45. The van der Waals surface area contributed by atoms with Gasteiger partial charge >= 0.3 is 5.97 Å². The number of halogens is 3. The van der Waals surface area contributed by atoms with Gasteiger partial charge < -0.3 is 14.6 Å². The molecule has 3 aromatic rings. The summed E-state index contributed by atoms with van der Waals surface area (Å²) < 4.78 is 57.4. The SMILES string of the molecule is COc1ccc(F)c(-c2ccc(COc3cc(F)c4c(c3F)C3(CC4)CCC3C(=O)O)cc2C2CCCC2(C)C)c1. The molecule has 41 heavy (non-hydrogen) atoms. The number of hydrogen-bond acceptors (Lipinski definition) is 3. The molecule has 3 unspecified atom stereocenters. The Hall–Kier alpha value is -3.48. The van der Waals surface area contributed by atoms with Crippen LogP contribution < -0.4 is 9.47 Å². The molecule has 0 aromatic heterocycles. The first kappa shape index (κ1) is 27.7. The van der Waals surface area contributed by atoms with Crippen molar-refractivity contribution in [2.24, 2.45) is 11.3 Å². The number of aliphatic carboxylic acids is 1. The minimum atomic E-state index is -0.967. The maximum absolute atomic E-state index is 15.9. The van der Waals surface area contributed by atoms with Crippen LogP contribution in [0.25, 0.3) is 11.1 Å². The first-order valence-corrected chi connectivity index (χ1v) is 14.4. The zero-order valence-corrected chi connectivity index (χ0v) is 23.7. The van der Waals surface area contributed by atoms with Crippen molar-refractivity contribution in [3.63, 3.8) is 0 Å². The van der Waals surface area contributed by atoms with Gasteiger partial charge in [0.1, 0.15) is 24.0 Å². The monoisotopic (exact) mass is 564 g/mol. The summed E-state index contributed by atoms with van der Waals surface area (Å²) in [5.74, 6) is -2.69. The molecular weight excluding hydrogens is 529 g/mol. The summed E-state index contributed by atoms with van der Waals surface area (Å²) in [5.41, 5.74) is 2.60. The summed E-state index contributed by atoms with van der Waals surface area (Å²) in [4.78, 5) is 11.8. The van der Waals surface area contributed by atoms with E-state index in [0.717, 1.165) is 42.0 Å². The Bertz CT molecular complexity index is 1530. The van der Waals surface area contributed by atoms with E-state index in [1.807, 2.05) is 18.2 Å². The molecule has 0 heterocycles. The third-order valence-corrected chi connectivity index (χ3v) is 10.1. The number of rotatable bonds is 7. The fourth-order valence-electron chi connectivity index (χ4n) is 7.72. The number of carboxylic acids is 1. The zero-order valence-electron chi connectivity index (χ0n) is 23.7. The number of ether oxygens (including phenoxy) is 2. The van der Waals surface area contributed by atoms with Crippen molar-refractivity contribution in [2.45, 2.75) is 76.7 Å². The van der Waals surface area contributed by atoms with E-state index in [-0.39, 0.29) is 40.6 Å². The summed E-state index contributed by atoms with van der Waals surface area (Å²) in [6.45, 7) is 4.44. The summed E-state index contributed by atoms with van der Waals surface area (Å²) in [6, 6.07) is 11.5. The van der Waals surface area contributed by atoms with E-state index in [1.54, 1.807) is 19.2 Å². The quantitative estimate of drug-likeness (QED) is 0.314. The van der Waals surface area contributed by atoms with Gasteiger partial charge in [-0.05, 0) is 90.3 Å². The topological polar surface area (TPSA) is 55.8 Å². The van der Waals surface area contributed by atoms with Gasteiger partial charge in [-0.15, -0.1) is 0 Å². The Kier molecular flexibility index (Phi) is 6.82. The van der Waals surface area contributed by atoms with E-state index < -0.39 is 28.9 Å². The maximum atomic E-state index is 15.9. The molecule has 3 aliphatic rings. The standard InChI is InChI=1S/C34H35F3O4/c1-33(2)12-4-5-25(33)23-15-19(6-8-21(23)24-16-20(40-3)7-9-27(24)35)18-41-29-17-28(36)22-10-13-34(30(22)31(29)37)14-11-26(34)32(38)39/h6-9,15-17,25-26H,4-5,10-14,18H2,1-3H3,(H,38,39). The van der Waals surface area contributed by atoms with Gasteiger partial charge in [0.2, 0.25) is 0 Å². The van der Waals surface area contributed by atoms with Crippen LogP contribution in [0.4, 0.5) is 13.2 Å². The van der Waals surface area contributed by atoms with Crippen molar-refractivity contribution in [2.75, 3.05) is 7.11 Å². The van der Waals surface area contributed by atoms with Gasteiger partial charge in [0, 0.05) is 22.6 Å². The van der Waals surface area contributed by atoms with Crippen LogP contribution in [0.5, 0.6) is 11.5 Å². The molecule has 0 radical (unpaired) electrons. The molecule has 216 valence electrons. The average molecular weight is 565 g/mol. The summed E-state index contributed by atoms with van der Waals surface area (Å²) in [6.07, 6.45) is 4.83. The molecule has 3 aliphatic carbocycles. The Labute approximate surface area is 238 Å². The second-order valence-electron chi connectivity index (χ2n) is 12.6. The maximum Gasteiger partial charge on any atom is 0.307 e. The smallest absolute Gasteiger partial charge is 0.307 e. The lowest BCUT2D eigenvalue weighted by molar-refractivity contribution is -0.149. The highest BCUT2D eigenvalue weighted by molar-refractivity contribution is 5.75. The Morgan fingerprint density at radius 1 is 0.976 bits per heavy atom. The fraction of sp³-hybridized carbons (Fsp3) is 0.441. The van der Waals surface area contributed by atoms with Gasteiger partial charge in [-0.3, -0.25) is 4.79 Å². The molecule has 4 nitrogen and oxygen atoms in total. The lowest BCUT2D eigenvalue weighted by Crippen LogP contribution is -2.47. The van der Waals surface area contributed by atoms with Crippen molar-refractivity contribution < 1.29 is 32.5 Å². The molecule has 3 atom stereocenters. The van der Waals surface area contributed by atoms with Gasteiger partial charge in [-0.2, -0.15) is 0 Å². The molecule has 0 amide bonds. The van der Waals surface area contributed by atoms with Crippen LogP contribution in [-0.2, 0) is 23.2 Å². The van der Waals surface area contributed by atoms with Crippen LogP contribution in [0.2, 0.25) is 0 Å². The number of benzene rings is 3. The molecule has 1 N–H and O–H groups in total. The zero-order chi connectivity index (χ0) is 29.1. The van der Waals surface area contributed by atoms with Gasteiger partial charge in [0.25, 0.3) is 0 Å². The summed E-state index contributed by atoms with van der Waals surface area (Å²) >= 11 is 0. The van der Waals surface area contributed by atoms with Crippen molar-refractivity contribution in [3.05, 3.63) is 82.2 Å². The van der Waals surface area contributed by atoms with Crippen molar-refractivity contribution >= 4 is 5.97 Å². The van der Waals surface area contributed by atoms with Gasteiger partial charge in [-0.25, -0.2) is 13.2 Å². The van der Waals surface area contributed by atoms with Crippen LogP contribution in [0.3, 0.4) is 0 Å². The number of fused-ring (bicyclic) bond motifs is 2. The van der Waals surface area contributed by atoms with Crippen molar-refractivity contribution in [1.29, 1.82) is 0 Å². The Balaban J connectivity index is 1.35. The van der Waals surface area contributed by atoms with E-state index in [4.69, 9.17) is 9.47 Å². The predicted octanol–water partition coefficient (Wildman–Crippen LogP) is 8.33. The van der Waals surface area contributed by atoms with E-state index >= 15 is 13.2 Å². The minimum Gasteiger partial charge on any atom is -0.497 e. The highest BCUT2D eigenvalue weighted by atomic mass is 19.1. The molecule has 7 heteroatoms. The highest BCUT2D eigenvalue weighted by Crippen LogP contribution is 2.58. The second kappa shape index (κ2) is 10.1. The second-order valence-corrected chi connectivity index (χ2v) is 12.6. The highest BCUT2D eigenvalue weighted by Gasteiger charge is 2.57. The summed E-state index contributed by atoms with van der Waals surface area (Å²) in [7, 11) is 1.55. The number of carbonyl (C=O) groups is 1. The third-order valence-electron chi connectivity index (χ3n) is 10.1. The first-order valence-electron chi connectivity index (χ1n) is 14.4. The predicted molar refractivity (Wildman–Crippen MR) is 150 cm³/mol. The average Bonchev–Trinajstić information content (AvgIpc) is 3.51. The molecule has 0 bridgehead atoms. The lowest BCUT2D eigenvalue weighted by atomic mass is 9.57. The molecular formula is C34H35F3O4. The molecule has 0 aliphatic heterocycles. The van der Waals surface area contributed by atoms with Crippen molar-refractivity contribution in [3.8, 4) is 22.6 Å². The van der Waals surface area contributed by atoms with Gasteiger partial charge in [0.05, 0.1) is 13.0 Å². The Morgan fingerprint density at radius 3 is 2.44 bits per heavy atom. The summed E-state index contributed by atoms with van der Waals surface area (Å²) in [5, 5.41) is 9.69. The minimum absolute atomic E-state index is 0.00841. The number of carboxylic acid groups (broad SMARTS) is 1. The van der Waals surface area contributed by atoms with E-state index in [1.165, 1.54) is 6.07 Å². The van der Waals surface area contributed by atoms with Crippen LogP contribution in [0.15, 0.2) is 42.5 Å². The molecule has 0 saturated heterocycles. The molecule has 2 fully saturated rings. The van der Waals surface area contributed by atoms with E-state index in [9.17, 15) is 9.90 Å². The van der Waals surface area contributed by atoms with E-state index in [2.05, 4.69) is 13.8 Å². The number of hydrogen-bond donors (Lipinski definition) is 1.